The highest BCUT2D eigenvalue weighted by atomic mass is 19.1. The summed E-state index contributed by atoms with van der Waals surface area (Å²) < 4.78 is 14.5. The number of aromatic amines is 1. The van der Waals surface area contributed by atoms with Crippen LogP contribution in [0.2, 0.25) is 0 Å². The summed E-state index contributed by atoms with van der Waals surface area (Å²) in [6.07, 6.45) is 7.43. The van der Waals surface area contributed by atoms with Gasteiger partial charge in [-0.05, 0) is 99.3 Å². The second-order valence-electron chi connectivity index (χ2n) is 11.2. The fraction of sp³-hybridized carbons (Fsp3) is 0.615. The lowest BCUT2D eigenvalue weighted by Crippen LogP contribution is -2.45. The Balaban J connectivity index is 1.46. The van der Waals surface area contributed by atoms with Crippen LogP contribution in [0.3, 0.4) is 0 Å². The average Bonchev–Trinajstić information content (AvgIpc) is 3.26. The standard InChI is InChI=1S/C26H34FN3O/c1-25(2,3)29-22(31)11-10-19-20-14-28-30-24(20)26(4)13-12-16-15-6-5-7-21(27)17(15)8-9-18(16)23(19)26/h5-7,14,16,18-19,23H,8-13H2,1-4H3,(H,28,30)(H,29,31)/t16?,18?,19-,23?,26+/m1/s1. The number of nitrogens with one attached hydrogen (secondary N) is 2. The Bertz CT molecular complexity index is 1010. The van der Waals surface area contributed by atoms with Crippen LogP contribution in [0.15, 0.2) is 24.4 Å². The van der Waals surface area contributed by atoms with Crippen molar-refractivity contribution in [3.63, 3.8) is 0 Å². The van der Waals surface area contributed by atoms with Crippen molar-refractivity contribution in [1.29, 1.82) is 0 Å². The zero-order chi connectivity index (χ0) is 22.0. The molecule has 0 aliphatic heterocycles. The van der Waals surface area contributed by atoms with E-state index in [9.17, 15) is 9.18 Å². The molecule has 1 amide bonds. The zero-order valence-electron chi connectivity index (χ0n) is 19.1. The van der Waals surface area contributed by atoms with E-state index < -0.39 is 0 Å². The van der Waals surface area contributed by atoms with Crippen LogP contribution in [0.5, 0.6) is 0 Å². The van der Waals surface area contributed by atoms with Gasteiger partial charge in [-0.2, -0.15) is 5.10 Å². The number of halogens is 1. The average molecular weight is 424 g/mol. The number of benzene rings is 1. The first-order valence-electron chi connectivity index (χ1n) is 11.8. The zero-order valence-corrected chi connectivity index (χ0v) is 19.1. The maximum atomic E-state index is 14.5. The molecule has 2 aromatic rings. The smallest absolute Gasteiger partial charge is 0.220 e. The van der Waals surface area contributed by atoms with Crippen LogP contribution in [0.1, 0.15) is 94.0 Å². The molecular weight excluding hydrogens is 389 g/mol. The van der Waals surface area contributed by atoms with Gasteiger partial charge in [0.1, 0.15) is 5.82 Å². The molecule has 1 saturated carbocycles. The summed E-state index contributed by atoms with van der Waals surface area (Å²) >= 11 is 0. The number of rotatable bonds is 3. The molecule has 3 aliphatic rings. The molecular formula is C26H34FN3O. The van der Waals surface area contributed by atoms with Crippen molar-refractivity contribution in [2.24, 2.45) is 11.8 Å². The minimum absolute atomic E-state index is 0.0342. The number of hydrogen-bond donors (Lipinski definition) is 2. The largest absolute Gasteiger partial charge is 0.352 e. The van der Waals surface area contributed by atoms with Gasteiger partial charge in [-0.25, -0.2) is 4.39 Å². The Morgan fingerprint density at radius 1 is 1.29 bits per heavy atom. The summed E-state index contributed by atoms with van der Waals surface area (Å²) in [5, 5.41) is 10.9. The Kier molecular flexibility index (Phi) is 4.80. The van der Waals surface area contributed by atoms with Gasteiger partial charge in [-0.3, -0.25) is 9.89 Å². The SMILES string of the molecule is CC(C)(C)NC(=O)CC[C@@H]1c2c[nH]nc2[C@@]2(C)CCC3c4cccc(F)c4CCC3C12. The molecule has 1 aromatic heterocycles. The molecule has 0 bridgehead atoms. The Morgan fingerprint density at radius 3 is 2.87 bits per heavy atom. The van der Waals surface area contributed by atoms with Crippen molar-refractivity contribution >= 4 is 5.91 Å². The second-order valence-corrected chi connectivity index (χ2v) is 11.2. The summed E-state index contributed by atoms with van der Waals surface area (Å²) in [6, 6.07) is 5.63. The first-order chi connectivity index (χ1) is 14.7. The molecule has 2 N–H and O–H groups in total. The molecule has 5 heteroatoms. The Labute approximate surface area is 184 Å². The maximum Gasteiger partial charge on any atom is 0.220 e. The number of carbonyl (C=O) groups excluding carboxylic acids is 1. The lowest BCUT2D eigenvalue weighted by molar-refractivity contribution is -0.122. The van der Waals surface area contributed by atoms with Crippen LogP contribution < -0.4 is 5.32 Å². The lowest BCUT2D eigenvalue weighted by Gasteiger charge is -2.50. The molecule has 5 atom stereocenters. The molecule has 1 heterocycles. The highest BCUT2D eigenvalue weighted by molar-refractivity contribution is 5.76. The monoisotopic (exact) mass is 423 g/mol. The third kappa shape index (κ3) is 3.32. The Hall–Kier alpha value is -2.17. The van der Waals surface area contributed by atoms with E-state index in [4.69, 9.17) is 5.10 Å². The van der Waals surface area contributed by atoms with Crippen LogP contribution in [-0.4, -0.2) is 21.6 Å². The maximum absolute atomic E-state index is 14.5. The van der Waals surface area contributed by atoms with Gasteiger partial charge in [0.15, 0.2) is 0 Å². The van der Waals surface area contributed by atoms with E-state index >= 15 is 0 Å². The highest BCUT2D eigenvalue weighted by Gasteiger charge is 2.58. The quantitative estimate of drug-likeness (QED) is 0.699. The molecule has 4 nitrogen and oxygen atoms in total. The third-order valence-electron chi connectivity index (χ3n) is 8.21. The van der Waals surface area contributed by atoms with E-state index in [0.29, 0.717) is 30.1 Å². The van der Waals surface area contributed by atoms with Crippen molar-refractivity contribution < 1.29 is 9.18 Å². The number of carbonyl (C=O) groups is 1. The second kappa shape index (κ2) is 7.18. The van der Waals surface area contributed by atoms with Crippen LogP contribution >= 0.6 is 0 Å². The van der Waals surface area contributed by atoms with Gasteiger partial charge in [-0.15, -0.1) is 0 Å². The van der Waals surface area contributed by atoms with Gasteiger partial charge in [-0.1, -0.05) is 19.1 Å². The number of nitrogens with zero attached hydrogens (tertiary/aromatic N) is 1. The topological polar surface area (TPSA) is 57.8 Å². The fourth-order valence-corrected chi connectivity index (χ4v) is 7.18. The first-order valence-corrected chi connectivity index (χ1v) is 11.8. The van der Waals surface area contributed by atoms with Crippen molar-refractivity contribution in [3.8, 4) is 0 Å². The van der Waals surface area contributed by atoms with Gasteiger partial charge in [0.2, 0.25) is 5.91 Å². The molecule has 0 spiro atoms. The highest BCUT2D eigenvalue weighted by Crippen LogP contribution is 2.64. The van der Waals surface area contributed by atoms with E-state index in [-0.39, 0.29) is 22.7 Å². The minimum Gasteiger partial charge on any atom is -0.352 e. The molecule has 0 saturated heterocycles. The van der Waals surface area contributed by atoms with Gasteiger partial charge >= 0.3 is 0 Å². The van der Waals surface area contributed by atoms with Crippen molar-refractivity contribution in [3.05, 3.63) is 52.6 Å². The lowest BCUT2D eigenvalue weighted by atomic mass is 9.53. The van der Waals surface area contributed by atoms with Crippen LogP contribution in [0.25, 0.3) is 0 Å². The van der Waals surface area contributed by atoms with E-state index in [0.717, 1.165) is 37.7 Å². The molecule has 5 rings (SSSR count). The molecule has 0 radical (unpaired) electrons. The molecule has 3 aliphatic carbocycles. The van der Waals surface area contributed by atoms with Crippen LogP contribution in [0, 0.1) is 17.7 Å². The normalized spacial score (nSPS) is 31.4. The van der Waals surface area contributed by atoms with E-state index in [2.05, 4.69) is 29.6 Å². The summed E-state index contributed by atoms with van der Waals surface area (Å²) in [5.74, 6) is 1.78. The molecule has 31 heavy (non-hydrogen) atoms. The van der Waals surface area contributed by atoms with Gasteiger partial charge < -0.3 is 5.32 Å². The third-order valence-corrected chi connectivity index (χ3v) is 8.21. The van der Waals surface area contributed by atoms with Gasteiger partial charge in [0, 0.05) is 23.6 Å². The predicted octanol–water partition coefficient (Wildman–Crippen LogP) is 5.35. The first kappa shape index (κ1) is 20.7. The van der Waals surface area contributed by atoms with E-state index in [1.807, 2.05) is 26.8 Å². The molecule has 166 valence electrons. The van der Waals surface area contributed by atoms with Crippen molar-refractivity contribution in [2.45, 2.75) is 89.0 Å². The molecule has 1 aromatic carbocycles. The van der Waals surface area contributed by atoms with Crippen molar-refractivity contribution in [2.75, 3.05) is 0 Å². The van der Waals surface area contributed by atoms with Crippen molar-refractivity contribution in [1.82, 2.24) is 15.5 Å². The van der Waals surface area contributed by atoms with Gasteiger partial charge in [0.25, 0.3) is 0 Å². The summed E-state index contributed by atoms with van der Waals surface area (Å²) in [4.78, 5) is 12.6. The summed E-state index contributed by atoms with van der Waals surface area (Å²) in [6.45, 7) is 8.45. The number of amides is 1. The molecule has 3 unspecified atom stereocenters. The number of fused-ring (bicyclic) bond motifs is 7. The minimum atomic E-state index is -0.213. The molecule has 1 fully saturated rings. The predicted molar refractivity (Wildman–Crippen MR) is 119 cm³/mol. The number of hydrogen-bond acceptors (Lipinski definition) is 2. The van der Waals surface area contributed by atoms with Crippen LogP contribution in [0.4, 0.5) is 4.39 Å². The summed E-state index contributed by atoms with van der Waals surface area (Å²) in [5.41, 5.74) is 4.50. The summed E-state index contributed by atoms with van der Waals surface area (Å²) in [7, 11) is 0. The Morgan fingerprint density at radius 2 is 2.10 bits per heavy atom. The van der Waals surface area contributed by atoms with Crippen LogP contribution in [-0.2, 0) is 16.6 Å². The van der Waals surface area contributed by atoms with E-state index in [1.54, 1.807) is 6.07 Å². The number of H-pyrrole nitrogens is 1. The van der Waals surface area contributed by atoms with E-state index in [1.165, 1.54) is 16.8 Å². The van der Waals surface area contributed by atoms with Gasteiger partial charge in [0.05, 0.1) is 5.69 Å². The number of aromatic nitrogens is 2. The fourth-order valence-electron chi connectivity index (χ4n) is 7.18.